The quantitative estimate of drug-likeness (QED) is 0.0712. The number of aliphatic hydroxyl groups is 2. The molecule has 0 radical (unpaired) electrons. The van der Waals surface area contributed by atoms with Gasteiger partial charge in [0.15, 0.2) is 0 Å². The molecule has 0 saturated heterocycles. The maximum atomic E-state index is 12.2. The molecule has 0 aliphatic carbocycles. The monoisotopic (exact) mass is 705 g/mol. The molecule has 5 unspecified atom stereocenters. The lowest BCUT2D eigenvalue weighted by molar-refractivity contribution is -0.134. The van der Waals surface area contributed by atoms with Crippen LogP contribution in [0.15, 0.2) is 25.3 Å². The summed E-state index contributed by atoms with van der Waals surface area (Å²) in [6, 6.07) is 0. The van der Waals surface area contributed by atoms with Gasteiger partial charge >= 0.3 is 0 Å². The first kappa shape index (κ1) is 43.0. The first-order valence-corrected chi connectivity index (χ1v) is 18.6. The van der Waals surface area contributed by atoms with Gasteiger partial charge in [-0.15, -0.1) is 8.53 Å². The maximum Gasteiger partial charge on any atom is 0.246 e. The van der Waals surface area contributed by atoms with Crippen molar-refractivity contribution in [3.63, 3.8) is 0 Å². The average Bonchev–Trinajstić information content (AvgIpc) is 3.05. The summed E-state index contributed by atoms with van der Waals surface area (Å²) in [4.78, 5) is 54.7. The Morgan fingerprint density at radius 2 is 1.23 bits per heavy atom. The van der Waals surface area contributed by atoms with E-state index in [4.69, 9.17) is 10.8 Å². The number of carbonyl (C=O) groups is 4. The molecule has 5 atom stereocenters. The van der Waals surface area contributed by atoms with Gasteiger partial charge in [-0.2, -0.15) is 11.8 Å². The molecule has 0 saturated carbocycles. The van der Waals surface area contributed by atoms with Crippen molar-refractivity contribution in [3.8, 4) is 0 Å². The van der Waals surface area contributed by atoms with Gasteiger partial charge in [0.1, 0.15) is 0 Å². The minimum absolute atomic E-state index is 0.0112. The lowest BCUT2D eigenvalue weighted by atomic mass is 10.1. The van der Waals surface area contributed by atoms with Crippen LogP contribution in [0.2, 0.25) is 0 Å². The van der Waals surface area contributed by atoms with Crippen molar-refractivity contribution in [2.75, 3.05) is 98.2 Å². The van der Waals surface area contributed by atoms with Crippen LogP contribution in [0.3, 0.4) is 0 Å². The number of thioether (sulfide) groups is 1. The molecule has 14 heteroatoms. The Morgan fingerprint density at radius 3 is 1.64 bits per heavy atom. The molecular weight excluding hydrogens is 643 g/mol. The standard InChI is InChI=1S/C33H61N4O8PS/c1-9-30(40)36(15-13-26(3)32(42)34(5)6)21-28(38)23-44-17-11-19-46-25-47-20-12-18-45-24-29(39)22-37(31(41)10-2)16-14-27(4)33(43)35(7)8/h9-10,26-29,38-39,46H,1-2,11-25H2,3-8H3/i46D. The van der Waals surface area contributed by atoms with Crippen LogP contribution in [0, 0.1) is 11.8 Å². The van der Waals surface area contributed by atoms with Gasteiger partial charge in [-0.05, 0) is 49.8 Å². The highest BCUT2D eigenvalue weighted by atomic mass is 32.2. The molecule has 0 aromatic heterocycles. The lowest BCUT2D eigenvalue weighted by Crippen LogP contribution is -2.40. The van der Waals surface area contributed by atoms with Crippen LogP contribution in [0.25, 0.3) is 0 Å². The van der Waals surface area contributed by atoms with E-state index in [9.17, 15) is 29.4 Å². The second kappa shape index (κ2) is 26.9. The summed E-state index contributed by atoms with van der Waals surface area (Å²) in [6.07, 6.45) is 3.85. The number of aliphatic hydroxyl groups excluding tert-OH is 2. The molecule has 0 aromatic rings. The van der Waals surface area contributed by atoms with Gasteiger partial charge in [0.05, 0.1) is 26.7 Å². The highest BCUT2D eigenvalue weighted by molar-refractivity contribution is 8.03. The maximum absolute atomic E-state index is 12.2. The summed E-state index contributed by atoms with van der Waals surface area (Å²) < 4.78 is 19.5. The first-order chi connectivity index (χ1) is 22.6. The number of hydrogen-bond acceptors (Lipinski definition) is 9. The van der Waals surface area contributed by atoms with Crippen LogP contribution < -0.4 is 0 Å². The van der Waals surface area contributed by atoms with E-state index in [0.29, 0.717) is 45.6 Å². The van der Waals surface area contributed by atoms with Crippen molar-refractivity contribution in [1.82, 2.24) is 19.6 Å². The summed E-state index contributed by atoms with van der Waals surface area (Å²) in [6.45, 7) is 12.6. The molecule has 2 N–H and O–H groups in total. The molecule has 0 aliphatic heterocycles. The van der Waals surface area contributed by atoms with E-state index in [1.807, 2.05) is 13.8 Å². The summed E-state index contributed by atoms with van der Waals surface area (Å²) in [7, 11) is 5.87. The summed E-state index contributed by atoms with van der Waals surface area (Å²) in [5.74, 6) is -0.284. The Hall–Kier alpha value is -2.02. The molecule has 0 spiro atoms. The van der Waals surface area contributed by atoms with Crippen molar-refractivity contribution < 1.29 is 38.9 Å². The van der Waals surface area contributed by atoms with E-state index in [1.54, 1.807) is 40.0 Å². The van der Waals surface area contributed by atoms with Gasteiger partial charge in [-0.3, -0.25) is 19.2 Å². The molecule has 0 aromatic carbocycles. The van der Waals surface area contributed by atoms with E-state index < -0.39 is 20.7 Å². The summed E-state index contributed by atoms with van der Waals surface area (Å²) in [5.41, 5.74) is 0.737. The van der Waals surface area contributed by atoms with Gasteiger partial charge in [0.25, 0.3) is 0 Å². The summed E-state index contributed by atoms with van der Waals surface area (Å²) >= 11 is 1.70. The van der Waals surface area contributed by atoms with Crippen LogP contribution in [0.5, 0.6) is 0 Å². The zero-order valence-electron chi connectivity index (χ0n) is 30.5. The number of rotatable bonds is 28. The van der Waals surface area contributed by atoms with E-state index in [-0.39, 0.29) is 61.8 Å². The minimum Gasteiger partial charge on any atom is -0.389 e. The lowest BCUT2D eigenvalue weighted by Gasteiger charge is -2.26. The Kier molecular flexibility index (Phi) is 24.6. The number of carbonyl (C=O) groups excluding carboxylic acids is 4. The third kappa shape index (κ3) is 21.5. The average molecular weight is 706 g/mol. The Labute approximate surface area is 290 Å². The Morgan fingerprint density at radius 1 is 0.809 bits per heavy atom. The molecule has 0 bridgehead atoms. The molecule has 0 heterocycles. The van der Waals surface area contributed by atoms with Gasteiger partial charge < -0.3 is 39.3 Å². The fourth-order valence-electron chi connectivity index (χ4n) is 4.46. The molecule has 12 nitrogen and oxygen atoms in total. The molecular formula is C33H61N4O8PS. The predicted octanol–water partition coefficient (Wildman–Crippen LogP) is 2.15. The topological polar surface area (TPSA) is 140 Å². The van der Waals surface area contributed by atoms with Gasteiger partial charge in [-0.1, -0.05) is 27.0 Å². The van der Waals surface area contributed by atoms with Crippen molar-refractivity contribution in [2.45, 2.75) is 51.7 Å². The molecule has 47 heavy (non-hydrogen) atoms. The van der Waals surface area contributed by atoms with Crippen LogP contribution in [-0.2, 0) is 28.7 Å². The zero-order chi connectivity index (χ0) is 36.6. The SMILES string of the molecule is [2H]P(CCCOCC(O)CN(CCC(C)C(=O)N(C)C)C(=O)C=C)CSCCCOCC(O)CN(CCC(C)C(=O)N(C)C)C(=O)C=C. The fraction of sp³-hybridized carbons (Fsp3) is 0.758. The number of ether oxygens (including phenoxy) is 2. The van der Waals surface area contributed by atoms with E-state index >= 15 is 0 Å². The third-order valence-corrected chi connectivity index (χ3v) is 9.88. The van der Waals surface area contributed by atoms with Gasteiger partial charge in [0.2, 0.25) is 23.6 Å². The van der Waals surface area contributed by atoms with Crippen molar-refractivity contribution >= 4 is 43.9 Å². The third-order valence-electron chi connectivity index (χ3n) is 7.21. The van der Waals surface area contributed by atoms with Crippen LogP contribution in [-0.4, -0.2) is 165 Å². The van der Waals surface area contributed by atoms with Crippen LogP contribution in [0.1, 0.15) is 39.5 Å². The van der Waals surface area contributed by atoms with Gasteiger partial charge in [-0.25, -0.2) is 0 Å². The van der Waals surface area contributed by atoms with Crippen molar-refractivity contribution in [1.29, 1.82) is 1.28 Å². The molecule has 0 aliphatic rings. The smallest absolute Gasteiger partial charge is 0.246 e. The first-order valence-electron chi connectivity index (χ1n) is 16.7. The molecule has 0 rings (SSSR count). The van der Waals surface area contributed by atoms with E-state index in [1.165, 1.54) is 31.8 Å². The van der Waals surface area contributed by atoms with Crippen molar-refractivity contribution in [2.24, 2.45) is 11.8 Å². The molecule has 4 amide bonds. The van der Waals surface area contributed by atoms with Gasteiger partial charge in [0, 0.05) is 84.9 Å². The Balaban J connectivity index is 4.13. The van der Waals surface area contributed by atoms with E-state index in [0.717, 1.165) is 23.8 Å². The predicted molar refractivity (Wildman–Crippen MR) is 192 cm³/mol. The Bertz CT molecular complexity index is 980. The van der Waals surface area contributed by atoms with Crippen molar-refractivity contribution in [3.05, 3.63) is 25.3 Å². The number of hydrogen-bond donors (Lipinski definition) is 2. The number of amides is 4. The highest BCUT2D eigenvalue weighted by Gasteiger charge is 2.21. The molecule has 272 valence electrons. The largest absolute Gasteiger partial charge is 0.389 e. The summed E-state index contributed by atoms with van der Waals surface area (Å²) in [5, 5.41) is 20.8. The normalized spacial score (nSPS) is 14.6. The van der Waals surface area contributed by atoms with E-state index in [2.05, 4.69) is 13.2 Å². The zero-order valence-corrected chi connectivity index (χ0v) is 31.2. The second-order valence-electron chi connectivity index (χ2n) is 12.0. The van der Waals surface area contributed by atoms with Crippen LogP contribution in [0.4, 0.5) is 0 Å². The molecule has 0 fully saturated rings. The minimum atomic E-state index is -0.903. The fourth-order valence-corrected chi connectivity index (χ4v) is 6.68. The number of nitrogens with zero attached hydrogens (tertiary/aromatic N) is 4. The second-order valence-corrected chi connectivity index (χ2v) is 14.7. The van der Waals surface area contributed by atoms with Crippen LogP contribution >= 0.6 is 20.3 Å². The highest BCUT2D eigenvalue weighted by Crippen LogP contribution is 2.20.